The predicted octanol–water partition coefficient (Wildman–Crippen LogP) is 4.28. The van der Waals surface area contributed by atoms with E-state index in [1.54, 1.807) is 7.11 Å². The van der Waals surface area contributed by atoms with E-state index >= 15 is 0 Å². The predicted molar refractivity (Wildman–Crippen MR) is 81.5 cm³/mol. The second kappa shape index (κ2) is 6.07. The maximum absolute atomic E-state index is 6.41. The van der Waals surface area contributed by atoms with Gasteiger partial charge < -0.3 is 10.5 Å². The first-order chi connectivity index (χ1) is 9.13. The van der Waals surface area contributed by atoms with E-state index in [-0.39, 0.29) is 6.04 Å². The van der Waals surface area contributed by atoms with Gasteiger partial charge in [0.15, 0.2) is 0 Å². The molecule has 0 aromatic heterocycles. The summed E-state index contributed by atoms with van der Waals surface area (Å²) < 4.78 is 5.50. The van der Waals surface area contributed by atoms with Crippen LogP contribution in [0.2, 0.25) is 0 Å². The van der Waals surface area contributed by atoms with Crippen molar-refractivity contribution in [1.82, 2.24) is 0 Å². The molecule has 102 valence electrons. The van der Waals surface area contributed by atoms with Gasteiger partial charge in [0.1, 0.15) is 5.75 Å². The molecule has 0 saturated carbocycles. The zero-order valence-electron chi connectivity index (χ0n) is 12.0. The summed E-state index contributed by atoms with van der Waals surface area (Å²) in [5.74, 6) is 1.57. The van der Waals surface area contributed by atoms with E-state index < -0.39 is 0 Å². The van der Waals surface area contributed by atoms with Crippen LogP contribution in [-0.2, 0) is 0 Å². The summed E-state index contributed by atoms with van der Waals surface area (Å²) in [6.07, 6.45) is 2.12. The van der Waals surface area contributed by atoms with Crippen LogP contribution >= 0.6 is 0 Å². The highest BCUT2D eigenvalue weighted by molar-refractivity contribution is 5.88. The lowest BCUT2D eigenvalue weighted by molar-refractivity contribution is 0.402. The first-order valence-electron chi connectivity index (χ1n) is 6.94. The van der Waals surface area contributed by atoms with Crippen molar-refractivity contribution in [1.29, 1.82) is 0 Å². The van der Waals surface area contributed by atoms with Crippen LogP contribution < -0.4 is 10.5 Å². The Hall–Kier alpha value is -1.54. The number of rotatable bonds is 5. The molecular weight excluding hydrogens is 234 g/mol. The topological polar surface area (TPSA) is 35.2 Å². The molecule has 0 aliphatic carbocycles. The van der Waals surface area contributed by atoms with Crippen molar-refractivity contribution in [3.8, 4) is 5.75 Å². The Morgan fingerprint density at radius 1 is 1.05 bits per heavy atom. The van der Waals surface area contributed by atoms with Crippen LogP contribution in [0.5, 0.6) is 5.75 Å². The molecule has 2 nitrogen and oxygen atoms in total. The van der Waals surface area contributed by atoms with Crippen molar-refractivity contribution in [3.05, 3.63) is 42.0 Å². The Balaban J connectivity index is 2.43. The second-order valence-corrected chi connectivity index (χ2v) is 5.48. The Bertz CT molecular complexity index is 548. The summed E-state index contributed by atoms with van der Waals surface area (Å²) in [6, 6.07) is 12.5. The number of ether oxygens (including phenoxy) is 1. The molecule has 0 radical (unpaired) electrons. The summed E-state index contributed by atoms with van der Waals surface area (Å²) in [7, 11) is 1.71. The lowest BCUT2D eigenvalue weighted by Crippen LogP contribution is -2.13. The molecule has 1 atom stereocenters. The SMILES string of the molecule is COc1ccc2ccccc2c1[C@H](N)CCC(C)C. The number of methoxy groups -OCH3 is 1. The fourth-order valence-corrected chi connectivity index (χ4v) is 2.49. The average molecular weight is 257 g/mol. The number of nitrogens with two attached hydrogens (primary N) is 1. The van der Waals surface area contributed by atoms with Crippen LogP contribution in [0, 0.1) is 5.92 Å². The molecule has 0 amide bonds. The van der Waals surface area contributed by atoms with Gasteiger partial charge in [-0.25, -0.2) is 0 Å². The molecule has 0 bridgehead atoms. The van der Waals surface area contributed by atoms with Crippen molar-refractivity contribution < 1.29 is 4.74 Å². The highest BCUT2D eigenvalue weighted by Crippen LogP contribution is 2.34. The molecule has 0 fully saturated rings. The molecule has 0 heterocycles. The molecule has 0 aliphatic heterocycles. The van der Waals surface area contributed by atoms with Gasteiger partial charge >= 0.3 is 0 Å². The number of benzene rings is 2. The Labute approximate surface area is 115 Å². The molecule has 0 aliphatic rings. The van der Waals surface area contributed by atoms with E-state index in [1.807, 2.05) is 6.07 Å². The molecule has 2 heteroatoms. The molecule has 0 spiro atoms. The van der Waals surface area contributed by atoms with Crippen molar-refractivity contribution in [2.75, 3.05) is 7.11 Å². The van der Waals surface area contributed by atoms with E-state index in [9.17, 15) is 0 Å². The zero-order valence-corrected chi connectivity index (χ0v) is 12.0. The summed E-state index contributed by atoms with van der Waals surface area (Å²) in [5.41, 5.74) is 7.55. The van der Waals surface area contributed by atoms with Gasteiger partial charge in [-0.2, -0.15) is 0 Å². The Morgan fingerprint density at radius 2 is 1.79 bits per heavy atom. The lowest BCUT2D eigenvalue weighted by Gasteiger charge is -2.19. The third kappa shape index (κ3) is 3.07. The van der Waals surface area contributed by atoms with Gasteiger partial charge in [-0.15, -0.1) is 0 Å². The molecule has 19 heavy (non-hydrogen) atoms. The Kier molecular flexibility index (Phi) is 4.43. The molecule has 2 aromatic carbocycles. The molecule has 2 rings (SSSR count). The van der Waals surface area contributed by atoms with Gasteiger partial charge in [0.2, 0.25) is 0 Å². The monoisotopic (exact) mass is 257 g/mol. The quantitative estimate of drug-likeness (QED) is 0.867. The van der Waals surface area contributed by atoms with E-state index in [0.29, 0.717) is 5.92 Å². The zero-order chi connectivity index (χ0) is 13.8. The first kappa shape index (κ1) is 13.9. The fraction of sp³-hybridized carbons (Fsp3) is 0.412. The summed E-state index contributed by atoms with van der Waals surface area (Å²) in [4.78, 5) is 0. The molecule has 0 unspecified atom stereocenters. The second-order valence-electron chi connectivity index (χ2n) is 5.48. The van der Waals surface area contributed by atoms with Crippen LogP contribution in [0.4, 0.5) is 0 Å². The van der Waals surface area contributed by atoms with E-state index in [0.717, 1.165) is 24.2 Å². The smallest absolute Gasteiger partial charge is 0.124 e. The van der Waals surface area contributed by atoms with Crippen LogP contribution in [-0.4, -0.2) is 7.11 Å². The van der Waals surface area contributed by atoms with Crippen LogP contribution in [0.3, 0.4) is 0 Å². The highest BCUT2D eigenvalue weighted by Gasteiger charge is 2.15. The normalized spacial score (nSPS) is 12.9. The minimum Gasteiger partial charge on any atom is -0.496 e. The van der Waals surface area contributed by atoms with Crippen molar-refractivity contribution in [2.45, 2.75) is 32.7 Å². The molecular formula is C17H23NO. The largest absolute Gasteiger partial charge is 0.496 e. The van der Waals surface area contributed by atoms with Crippen LogP contribution in [0.15, 0.2) is 36.4 Å². The first-order valence-corrected chi connectivity index (χ1v) is 6.94. The third-order valence-electron chi connectivity index (χ3n) is 3.58. The van der Waals surface area contributed by atoms with Crippen molar-refractivity contribution in [2.24, 2.45) is 11.7 Å². The van der Waals surface area contributed by atoms with E-state index in [1.165, 1.54) is 10.8 Å². The number of hydrogen-bond donors (Lipinski definition) is 1. The van der Waals surface area contributed by atoms with Crippen LogP contribution in [0.1, 0.15) is 38.3 Å². The average Bonchev–Trinajstić information content (AvgIpc) is 2.43. The lowest BCUT2D eigenvalue weighted by atomic mass is 9.93. The number of hydrogen-bond acceptors (Lipinski definition) is 2. The molecule has 2 N–H and O–H groups in total. The summed E-state index contributed by atoms with van der Waals surface area (Å²) in [6.45, 7) is 4.46. The van der Waals surface area contributed by atoms with E-state index in [2.05, 4.69) is 44.2 Å². The van der Waals surface area contributed by atoms with Gasteiger partial charge in [-0.05, 0) is 35.6 Å². The van der Waals surface area contributed by atoms with Gasteiger partial charge in [-0.3, -0.25) is 0 Å². The fourth-order valence-electron chi connectivity index (χ4n) is 2.49. The van der Waals surface area contributed by atoms with Crippen molar-refractivity contribution >= 4 is 10.8 Å². The van der Waals surface area contributed by atoms with Gasteiger partial charge in [0, 0.05) is 11.6 Å². The van der Waals surface area contributed by atoms with Gasteiger partial charge in [-0.1, -0.05) is 44.2 Å². The summed E-state index contributed by atoms with van der Waals surface area (Å²) in [5, 5.41) is 2.43. The highest BCUT2D eigenvalue weighted by atomic mass is 16.5. The van der Waals surface area contributed by atoms with E-state index in [4.69, 9.17) is 10.5 Å². The van der Waals surface area contributed by atoms with Crippen LogP contribution in [0.25, 0.3) is 10.8 Å². The number of fused-ring (bicyclic) bond motifs is 1. The third-order valence-corrected chi connectivity index (χ3v) is 3.58. The minimum absolute atomic E-state index is 0.0310. The van der Waals surface area contributed by atoms with Crippen molar-refractivity contribution in [3.63, 3.8) is 0 Å². The van der Waals surface area contributed by atoms with Gasteiger partial charge in [0.25, 0.3) is 0 Å². The summed E-state index contributed by atoms with van der Waals surface area (Å²) >= 11 is 0. The minimum atomic E-state index is 0.0310. The maximum Gasteiger partial charge on any atom is 0.124 e. The van der Waals surface area contributed by atoms with Gasteiger partial charge in [0.05, 0.1) is 7.11 Å². The molecule has 0 saturated heterocycles. The Morgan fingerprint density at radius 3 is 2.47 bits per heavy atom. The standard InChI is InChI=1S/C17H23NO/c1-12(2)8-10-15(18)17-14-7-5-4-6-13(14)9-11-16(17)19-3/h4-7,9,11-12,15H,8,10,18H2,1-3H3/t15-/m1/s1. The molecule has 2 aromatic rings. The maximum atomic E-state index is 6.41.